The van der Waals surface area contributed by atoms with Crippen LogP contribution in [-0.2, 0) is 15.7 Å². The fraction of sp³-hybridized carbons (Fsp3) is 0.263. The zero-order chi connectivity index (χ0) is 24.3. The number of carbonyl (C=O) groups is 2. The number of amides is 1. The lowest BCUT2D eigenvalue weighted by Gasteiger charge is -2.35. The van der Waals surface area contributed by atoms with Crippen LogP contribution in [0.4, 0.5) is 32.0 Å². The Kier molecular flexibility index (Phi) is 7.56. The molecule has 2 aromatic rings. The summed E-state index contributed by atoms with van der Waals surface area (Å²) in [5.41, 5.74) is -5.97. The van der Waals surface area contributed by atoms with Gasteiger partial charge in [-0.1, -0.05) is 23.2 Å². The second-order valence-corrected chi connectivity index (χ2v) is 7.09. The van der Waals surface area contributed by atoms with Gasteiger partial charge in [-0.3, -0.25) is 4.79 Å². The topological polar surface area (TPSA) is 67.4 Å². The van der Waals surface area contributed by atoms with E-state index < -0.39 is 53.3 Å². The van der Waals surface area contributed by atoms with Gasteiger partial charge in [-0.15, -0.1) is 0 Å². The van der Waals surface area contributed by atoms with Crippen molar-refractivity contribution < 1.29 is 40.7 Å². The van der Waals surface area contributed by atoms with Crippen molar-refractivity contribution in [1.82, 2.24) is 5.32 Å². The molecule has 0 aliphatic heterocycles. The van der Waals surface area contributed by atoms with E-state index in [9.17, 15) is 35.9 Å². The molecule has 32 heavy (non-hydrogen) atoms. The molecule has 2 N–H and O–H groups in total. The summed E-state index contributed by atoms with van der Waals surface area (Å²) in [6.45, 7) is 0.748. The van der Waals surface area contributed by atoms with E-state index in [1.54, 1.807) is 5.32 Å². The highest BCUT2D eigenvalue weighted by Gasteiger charge is 2.63. The molecule has 13 heteroatoms. The van der Waals surface area contributed by atoms with Gasteiger partial charge in [-0.05, 0) is 49.4 Å². The summed E-state index contributed by atoms with van der Waals surface area (Å²) >= 11 is 11.6. The average Bonchev–Trinajstić information content (AvgIpc) is 2.66. The lowest BCUT2D eigenvalue weighted by atomic mass is 10.1. The second kappa shape index (κ2) is 9.45. The van der Waals surface area contributed by atoms with E-state index in [4.69, 9.17) is 23.2 Å². The summed E-state index contributed by atoms with van der Waals surface area (Å²) in [7, 11) is 0. The Hall–Kier alpha value is -2.66. The van der Waals surface area contributed by atoms with Crippen LogP contribution in [-0.4, -0.2) is 30.3 Å². The van der Waals surface area contributed by atoms with E-state index in [-0.39, 0.29) is 10.0 Å². The van der Waals surface area contributed by atoms with Crippen LogP contribution in [0.5, 0.6) is 0 Å². The second-order valence-electron chi connectivity index (χ2n) is 6.25. The number of hydrogen-bond donors (Lipinski definition) is 2. The summed E-state index contributed by atoms with van der Waals surface area (Å²) in [4.78, 5) is 25.0. The van der Waals surface area contributed by atoms with Gasteiger partial charge in [0.15, 0.2) is 0 Å². The molecule has 174 valence electrons. The van der Waals surface area contributed by atoms with Crippen LogP contribution in [0.15, 0.2) is 42.5 Å². The maximum Gasteiger partial charge on any atom is 0.441 e. The van der Waals surface area contributed by atoms with Crippen molar-refractivity contribution >= 4 is 40.8 Å². The highest BCUT2D eigenvalue weighted by atomic mass is 35.5. The van der Waals surface area contributed by atoms with Gasteiger partial charge in [0.05, 0.1) is 22.8 Å². The first kappa shape index (κ1) is 25.6. The molecule has 2 rings (SSSR count). The number of nitrogens with one attached hydrogen (secondary N) is 2. The minimum absolute atomic E-state index is 0.0990. The summed E-state index contributed by atoms with van der Waals surface area (Å²) < 4.78 is 85.1. The number of ether oxygens (including phenoxy) is 1. The first-order valence-corrected chi connectivity index (χ1v) is 9.44. The number of hydrogen-bond acceptors (Lipinski definition) is 4. The zero-order valence-corrected chi connectivity index (χ0v) is 17.5. The van der Waals surface area contributed by atoms with E-state index in [2.05, 4.69) is 4.74 Å². The summed E-state index contributed by atoms with van der Waals surface area (Å²) in [5.74, 6) is -3.36. The smallest absolute Gasteiger partial charge is 0.441 e. The van der Waals surface area contributed by atoms with Crippen LogP contribution in [0.25, 0.3) is 0 Å². The number of esters is 1. The third-order valence-electron chi connectivity index (χ3n) is 4.03. The summed E-state index contributed by atoms with van der Waals surface area (Å²) in [6, 6.07) is 5.67. The number of benzene rings is 2. The van der Waals surface area contributed by atoms with E-state index in [1.165, 1.54) is 18.3 Å². The first-order valence-electron chi connectivity index (χ1n) is 8.68. The molecular weight excluding hydrogens is 489 g/mol. The molecule has 0 unspecified atom stereocenters. The van der Waals surface area contributed by atoms with Gasteiger partial charge >= 0.3 is 24.0 Å². The molecule has 0 aliphatic rings. The molecule has 0 fully saturated rings. The highest BCUT2D eigenvalue weighted by Crippen LogP contribution is 2.35. The van der Waals surface area contributed by atoms with E-state index in [0.717, 1.165) is 12.1 Å². The van der Waals surface area contributed by atoms with Crippen LogP contribution >= 0.6 is 23.2 Å². The summed E-state index contributed by atoms with van der Waals surface area (Å²) in [6.07, 6.45) is -10.2. The molecule has 0 heterocycles. The maximum absolute atomic E-state index is 14.1. The van der Waals surface area contributed by atoms with Gasteiger partial charge in [0.1, 0.15) is 0 Å². The monoisotopic (exact) mass is 502 g/mol. The number of carbonyl (C=O) groups excluding carboxylic acids is 2. The minimum atomic E-state index is -5.49. The van der Waals surface area contributed by atoms with Crippen molar-refractivity contribution in [3.63, 3.8) is 0 Å². The van der Waals surface area contributed by atoms with E-state index in [0.29, 0.717) is 24.3 Å². The van der Waals surface area contributed by atoms with Crippen molar-refractivity contribution in [2.24, 2.45) is 0 Å². The Balaban J connectivity index is 2.53. The zero-order valence-electron chi connectivity index (χ0n) is 16.0. The molecular formula is C19H14Cl2F6N2O3. The molecule has 0 saturated carbocycles. The molecule has 0 spiro atoms. The Morgan fingerprint density at radius 3 is 2.03 bits per heavy atom. The van der Waals surface area contributed by atoms with Gasteiger partial charge in [-0.2, -0.15) is 26.3 Å². The molecule has 0 bridgehead atoms. The van der Waals surface area contributed by atoms with E-state index >= 15 is 0 Å². The number of halogens is 8. The van der Waals surface area contributed by atoms with Crippen LogP contribution in [0.3, 0.4) is 0 Å². The lowest BCUT2D eigenvalue weighted by molar-refractivity contribution is -0.204. The quantitative estimate of drug-likeness (QED) is 0.303. The van der Waals surface area contributed by atoms with Crippen LogP contribution in [0, 0.1) is 0 Å². The Bertz CT molecular complexity index is 996. The largest absolute Gasteiger partial charge is 0.463 e. The third kappa shape index (κ3) is 5.57. The number of anilines is 1. The van der Waals surface area contributed by atoms with Crippen molar-refractivity contribution in [2.45, 2.75) is 24.9 Å². The molecule has 5 nitrogen and oxygen atoms in total. The average molecular weight is 503 g/mol. The van der Waals surface area contributed by atoms with Gasteiger partial charge in [0, 0.05) is 10.7 Å². The fourth-order valence-corrected chi connectivity index (χ4v) is 2.99. The van der Waals surface area contributed by atoms with Gasteiger partial charge in [-0.25, -0.2) is 4.79 Å². The van der Waals surface area contributed by atoms with Gasteiger partial charge in [0.2, 0.25) is 0 Å². The van der Waals surface area contributed by atoms with E-state index in [1.807, 2.05) is 0 Å². The van der Waals surface area contributed by atoms with Gasteiger partial charge in [0.25, 0.3) is 5.91 Å². The van der Waals surface area contributed by atoms with Crippen molar-refractivity contribution in [2.75, 3.05) is 11.9 Å². The van der Waals surface area contributed by atoms with Crippen molar-refractivity contribution in [3.05, 3.63) is 63.6 Å². The van der Waals surface area contributed by atoms with Crippen LogP contribution < -0.4 is 10.6 Å². The first-order chi connectivity index (χ1) is 14.7. The molecule has 0 aliphatic carbocycles. The standard InChI is InChI=1S/C19H14Cl2F6N2O3/c1-2-32-16(31)17(19(25,26)27,28-12-6-3-10(4-7-12)18(22,23)24)29-15(30)13-8-5-11(20)9-14(13)21/h3-9,28H,2H2,1H3,(H,29,30)/t17-/m0/s1. The molecule has 0 saturated heterocycles. The Morgan fingerprint density at radius 2 is 1.56 bits per heavy atom. The van der Waals surface area contributed by atoms with Gasteiger partial charge < -0.3 is 15.4 Å². The van der Waals surface area contributed by atoms with Crippen molar-refractivity contribution in [3.8, 4) is 0 Å². The highest BCUT2D eigenvalue weighted by molar-refractivity contribution is 6.36. The van der Waals surface area contributed by atoms with Crippen LogP contribution in [0.1, 0.15) is 22.8 Å². The third-order valence-corrected chi connectivity index (χ3v) is 4.58. The molecule has 1 amide bonds. The summed E-state index contributed by atoms with van der Waals surface area (Å²) in [5, 5.41) is 3.08. The van der Waals surface area contributed by atoms with Crippen LogP contribution in [0.2, 0.25) is 10.0 Å². The number of alkyl halides is 6. The Labute approximate surface area is 187 Å². The minimum Gasteiger partial charge on any atom is -0.463 e. The fourth-order valence-electron chi connectivity index (χ4n) is 2.50. The molecule has 2 aromatic carbocycles. The predicted octanol–water partition coefficient (Wildman–Crippen LogP) is 5.68. The Morgan fingerprint density at radius 1 is 0.969 bits per heavy atom. The predicted molar refractivity (Wildman–Crippen MR) is 104 cm³/mol. The normalized spacial score (nSPS) is 13.8. The molecule has 0 radical (unpaired) electrons. The van der Waals surface area contributed by atoms with Crippen molar-refractivity contribution in [1.29, 1.82) is 0 Å². The molecule has 1 atom stereocenters. The molecule has 0 aromatic heterocycles. The maximum atomic E-state index is 14.1. The SMILES string of the molecule is CCOC(=O)[C@@](NC(=O)c1ccc(Cl)cc1Cl)(Nc1ccc(C(F)(F)F)cc1)C(F)(F)F. The lowest BCUT2D eigenvalue weighted by Crippen LogP contribution is -2.69. The number of rotatable bonds is 6.